The van der Waals surface area contributed by atoms with Gasteiger partial charge in [0.1, 0.15) is 11.2 Å². The van der Waals surface area contributed by atoms with E-state index >= 15 is 0 Å². The van der Waals surface area contributed by atoms with Crippen LogP contribution in [0.3, 0.4) is 0 Å². The van der Waals surface area contributed by atoms with Crippen molar-refractivity contribution in [1.29, 1.82) is 0 Å². The molecule has 0 atom stereocenters. The van der Waals surface area contributed by atoms with E-state index in [-0.39, 0.29) is 0 Å². The molecule has 0 saturated heterocycles. The van der Waals surface area contributed by atoms with Crippen molar-refractivity contribution in [3.63, 3.8) is 0 Å². The predicted octanol–water partition coefficient (Wildman–Crippen LogP) is 8.99. The molecule has 5 nitrogen and oxygen atoms in total. The fourth-order valence-corrected chi connectivity index (χ4v) is 5.39. The average Bonchev–Trinajstić information content (AvgIpc) is 3.41. The van der Waals surface area contributed by atoms with Gasteiger partial charge in [0.15, 0.2) is 17.5 Å². The van der Waals surface area contributed by atoms with Crippen molar-refractivity contribution in [3.8, 4) is 45.3 Å². The minimum atomic E-state index is 0.592. The third-order valence-electron chi connectivity index (χ3n) is 7.38. The Labute approximate surface area is 235 Å². The first-order valence-corrected chi connectivity index (χ1v) is 13.5. The van der Waals surface area contributed by atoms with Crippen LogP contribution in [-0.2, 0) is 0 Å². The fraction of sp³-hybridized carbons (Fsp3) is 0. The highest BCUT2D eigenvalue weighted by Gasteiger charge is 2.20. The van der Waals surface area contributed by atoms with E-state index in [1.807, 2.05) is 91.1 Å². The lowest BCUT2D eigenvalue weighted by molar-refractivity contribution is 0.669. The molecule has 0 bridgehead atoms. The summed E-state index contributed by atoms with van der Waals surface area (Å²) in [5, 5.41) is 4.09. The fourth-order valence-electron chi connectivity index (χ4n) is 5.39. The number of nitrogens with zero attached hydrogens (tertiary/aromatic N) is 4. The maximum atomic E-state index is 6.52. The first-order chi connectivity index (χ1) is 20.3. The third kappa shape index (κ3) is 4.12. The molecule has 0 aliphatic heterocycles. The molecule has 5 heteroatoms. The molecule has 0 amide bonds. The van der Waals surface area contributed by atoms with Gasteiger partial charge in [0.05, 0.1) is 0 Å². The van der Waals surface area contributed by atoms with Crippen molar-refractivity contribution in [2.24, 2.45) is 0 Å². The van der Waals surface area contributed by atoms with Crippen LogP contribution in [0.5, 0.6) is 0 Å². The molecular weight excluding hydrogens is 504 g/mol. The highest BCUT2D eigenvalue weighted by atomic mass is 16.3. The SMILES string of the molecule is c1ccc(-c2cc(-c3nc(-c4ccccc4)nc(-c4ccccc4)n3)c3c(c2)oc2cc4ccncc4cc23)cc1. The summed E-state index contributed by atoms with van der Waals surface area (Å²) >= 11 is 0. The van der Waals surface area contributed by atoms with Gasteiger partial charge >= 0.3 is 0 Å². The number of benzene rings is 5. The van der Waals surface area contributed by atoms with E-state index < -0.39 is 0 Å². The van der Waals surface area contributed by atoms with Crippen LogP contribution in [0, 0.1) is 0 Å². The Morgan fingerprint density at radius 1 is 0.463 bits per heavy atom. The van der Waals surface area contributed by atoms with Gasteiger partial charge in [-0.15, -0.1) is 0 Å². The van der Waals surface area contributed by atoms with E-state index in [0.717, 1.165) is 60.5 Å². The Morgan fingerprint density at radius 3 is 1.73 bits per heavy atom. The highest BCUT2D eigenvalue weighted by Crippen LogP contribution is 2.41. The summed E-state index contributed by atoms with van der Waals surface area (Å²) in [6, 6.07) is 40.9. The van der Waals surface area contributed by atoms with Crippen molar-refractivity contribution in [1.82, 2.24) is 19.9 Å². The number of pyridine rings is 1. The summed E-state index contributed by atoms with van der Waals surface area (Å²) in [5.41, 5.74) is 6.46. The number of aromatic nitrogens is 4. The van der Waals surface area contributed by atoms with Crippen LogP contribution in [0.25, 0.3) is 78.0 Å². The third-order valence-corrected chi connectivity index (χ3v) is 7.38. The van der Waals surface area contributed by atoms with Crippen LogP contribution in [0.1, 0.15) is 0 Å². The van der Waals surface area contributed by atoms with Gasteiger partial charge in [-0.3, -0.25) is 4.98 Å². The maximum Gasteiger partial charge on any atom is 0.164 e. The number of hydrogen-bond acceptors (Lipinski definition) is 5. The van der Waals surface area contributed by atoms with E-state index in [1.54, 1.807) is 6.20 Å². The number of fused-ring (bicyclic) bond motifs is 4. The molecule has 192 valence electrons. The van der Waals surface area contributed by atoms with Gasteiger partial charge in [0, 0.05) is 45.2 Å². The molecule has 8 rings (SSSR count). The topological polar surface area (TPSA) is 64.7 Å². The monoisotopic (exact) mass is 526 g/mol. The van der Waals surface area contributed by atoms with E-state index in [2.05, 4.69) is 41.4 Å². The molecule has 0 fully saturated rings. The largest absolute Gasteiger partial charge is 0.456 e. The van der Waals surface area contributed by atoms with Gasteiger partial charge in [-0.25, -0.2) is 15.0 Å². The van der Waals surface area contributed by atoms with E-state index in [0.29, 0.717) is 17.5 Å². The zero-order valence-electron chi connectivity index (χ0n) is 21.9. The van der Waals surface area contributed by atoms with E-state index in [1.165, 1.54) is 0 Å². The molecule has 0 saturated carbocycles. The Bertz CT molecular complexity index is 2130. The Balaban J connectivity index is 1.47. The van der Waals surface area contributed by atoms with Crippen LogP contribution < -0.4 is 0 Å². The van der Waals surface area contributed by atoms with Gasteiger partial charge in [-0.05, 0) is 46.8 Å². The normalized spacial score (nSPS) is 11.4. The Morgan fingerprint density at radius 2 is 1.07 bits per heavy atom. The zero-order valence-corrected chi connectivity index (χ0v) is 21.9. The molecule has 3 aromatic heterocycles. The highest BCUT2D eigenvalue weighted by molar-refractivity contribution is 6.16. The van der Waals surface area contributed by atoms with Crippen molar-refractivity contribution >= 4 is 32.7 Å². The van der Waals surface area contributed by atoms with Crippen molar-refractivity contribution in [2.75, 3.05) is 0 Å². The minimum Gasteiger partial charge on any atom is -0.456 e. The zero-order chi connectivity index (χ0) is 27.2. The lowest BCUT2D eigenvalue weighted by Gasteiger charge is -2.11. The second-order valence-electron chi connectivity index (χ2n) is 9.97. The molecule has 41 heavy (non-hydrogen) atoms. The summed E-state index contributed by atoms with van der Waals surface area (Å²) < 4.78 is 6.52. The average molecular weight is 527 g/mol. The van der Waals surface area contributed by atoms with E-state index in [4.69, 9.17) is 19.4 Å². The van der Waals surface area contributed by atoms with Crippen LogP contribution in [0.15, 0.2) is 138 Å². The number of hydrogen-bond donors (Lipinski definition) is 0. The lowest BCUT2D eigenvalue weighted by atomic mass is 9.97. The summed E-state index contributed by atoms with van der Waals surface area (Å²) in [6.45, 7) is 0. The first-order valence-electron chi connectivity index (χ1n) is 13.5. The molecule has 0 aliphatic carbocycles. The minimum absolute atomic E-state index is 0.592. The molecule has 8 aromatic rings. The van der Waals surface area contributed by atoms with Gasteiger partial charge in [-0.1, -0.05) is 91.0 Å². The van der Waals surface area contributed by atoms with Gasteiger partial charge in [0.2, 0.25) is 0 Å². The smallest absolute Gasteiger partial charge is 0.164 e. The second-order valence-corrected chi connectivity index (χ2v) is 9.97. The Kier molecular flexibility index (Phi) is 5.38. The molecule has 0 N–H and O–H groups in total. The molecule has 0 radical (unpaired) electrons. The lowest BCUT2D eigenvalue weighted by Crippen LogP contribution is -2.00. The van der Waals surface area contributed by atoms with Gasteiger partial charge in [-0.2, -0.15) is 0 Å². The summed E-state index contributed by atoms with van der Waals surface area (Å²) in [4.78, 5) is 19.4. The predicted molar refractivity (Wildman–Crippen MR) is 164 cm³/mol. The number of furan rings is 1. The van der Waals surface area contributed by atoms with Crippen LogP contribution in [0.4, 0.5) is 0 Å². The van der Waals surface area contributed by atoms with Crippen molar-refractivity contribution in [3.05, 3.63) is 134 Å². The first kappa shape index (κ1) is 23.2. The van der Waals surface area contributed by atoms with Crippen molar-refractivity contribution in [2.45, 2.75) is 0 Å². The molecule has 0 unspecified atom stereocenters. The molecule has 5 aromatic carbocycles. The molecule has 0 spiro atoms. The summed E-state index contributed by atoms with van der Waals surface area (Å²) in [6.07, 6.45) is 3.69. The van der Waals surface area contributed by atoms with Gasteiger partial charge < -0.3 is 4.42 Å². The van der Waals surface area contributed by atoms with Crippen molar-refractivity contribution < 1.29 is 4.42 Å². The summed E-state index contributed by atoms with van der Waals surface area (Å²) in [5.74, 6) is 1.83. The van der Waals surface area contributed by atoms with Crippen LogP contribution in [-0.4, -0.2) is 19.9 Å². The van der Waals surface area contributed by atoms with Crippen LogP contribution in [0.2, 0.25) is 0 Å². The molecule has 0 aliphatic rings. The number of rotatable bonds is 4. The molecular formula is C36H22N4O. The quantitative estimate of drug-likeness (QED) is 0.229. The van der Waals surface area contributed by atoms with E-state index in [9.17, 15) is 0 Å². The maximum absolute atomic E-state index is 6.52. The van der Waals surface area contributed by atoms with Gasteiger partial charge in [0.25, 0.3) is 0 Å². The van der Waals surface area contributed by atoms with Crippen LogP contribution >= 0.6 is 0 Å². The second kappa shape index (κ2) is 9.50. The molecule has 3 heterocycles. The summed E-state index contributed by atoms with van der Waals surface area (Å²) in [7, 11) is 0. The standard InChI is InChI=1S/C36H22N4O/c1-4-10-23(11-5-1)27-18-30(33-29-19-28-22-37-17-16-26(28)20-31(29)41-32(33)21-27)36-39-34(24-12-6-2-7-13-24)38-35(40-36)25-14-8-3-9-15-25/h1-22H. The Hall–Kier alpha value is -5.68.